The number of hydrogen-bond donors (Lipinski definition) is 1. The zero-order chi connectivity index (χ0) is 13.0. The summed E-state index contributed by atoms with van der Waals surface area (Å²) < 4.78 is 5.87. The van der Waals surface area contributed by atoms with E-state index in [9.17, 15) is 0 Å². The van der Waals surface area contributed by atoms with E-state index in [1.54, 1.807) is 0 Å². The Morgan fingerprint density at radius 3 is 2.56 bits per heavy atom. The van der Waals surface area contributed by atoms with Crippen molar-refractivity contribution in [3.05, 3.63) is 0 Å². The van der Waals surface area contributed by atoms with Crippen molar-refractivity contribution in [2.75, 3.05) is 13.3 Å². The molecule has 0 aromatic carbocycles. The molecule has 2 fully saturated rings. The van der Waals surface area contributed by atoms with Gasteiger partial charge < -0.3 is 4.74 Å². The van der Waals surface area contributed by atoms with Crippen molar-refractivity contribution >= 4 is 0 Å². The van der Waals surface area contributed by atoms with Crippen molar-refractivity contribution in [3.63, 3.8) is 0 Å². The topological polar surface area (TPSA) is 21.3 Å². The molecule has 0 aromatic rings. The van der Waals surface area contributed by atoms with E-state index >= 15 is 0 Å². The molecule has 2 heteroatoms. The summed E-state index contributed by atoms with van der Waals surface area (Å²) in [4.78, 5) is 0. The zero-order valence-corrected chi connectivity index (χ0v) is 12.5. The third kappa shape index (κ3) is 3.96. The molecule has 0 aromatic heterocycles. The first-order chi connectivity index (χ1) is 8.72. The Bertz CT molecular complexity index is 243. The van der Waals surface area contributed by atoms with Crippen LogP contribution in [0.1, 0.15) is 59.3 Å². The molecular formula is C16H31NO. The van der Waals surface area contributed by atoms with E-state index in [0.717, 1.165) is 37.0 Å². The molecule has 0 bridgehead atoms. The van der Waals surface area contributed by atoms with Gasteiger partial charge in [0.1, 0.15) is 0 Å². The van der Waals surface area contributed by atoms with E-state index in [1.165, 1.54) is 38.5 Å². The fourth-order valence-electron chi connectivity index (χ4n) is 3.54. The first-order valence-electron chi connectivity index (χ1n) is 8.03. The molecule has 2 rings (SSSR count). The summed E-state index contributed by atoms with van der Waals surface area (Å²) in [5.74, 6) is 3.54. The Balaban J connectivity index is 1.58. The molecular weight excluding hydrogens is 222 g/mol. The highest BCUT2D eigenvalue weighted by Crippen LogP contribution is 2.41. The average molecular weight is 253 g/mol. The van der Waals surface area contributed by atoms with Gasteiger partial charge >= 0.3 is 0 Å². The maximum Gasteiger partial charge on any atom is 0.0967 e. The molecule has 0 heterocycles. The third-order valence-electron chi connectivity index (χ3n) is 5.11. The summed E-state index contributed by atoms with van der Waals surface area (Å²) in [5.41, 5.74) is 0. The molecule has 5 atom stereocenters. The van der Waals surface area contributed by atoms with Gasteiger partial charge in [0.2, 0.25) is 0 Å². The fourth-order valence-corrected chi connectivity index (χ4v) is 3.54. The first-order valence-corrected chi connectivity index (χ1v) is 8.03. The van der Waals surface area contributed by atoms with Crippen molar-refractivity contribution in [3.8, 4) is 0 Å². The van der Waals surface area contributed by atoms with Gasteiger partial charge in [-0.2, -0.15) is 0 Å². The highest BCUT2D eigenvalue weighted by molar-refractivity contribution is 4.91. The minimum absolute atomic E-state index is 0.700. The molecule has 0 amide bonds. The molecule has 2 nitrogen and oxygen atoms in total. The van der Waals surface area contributed by atoms with Gasteiger partial charge in [-0.15, -0.1) is 0 Å². The Labute approximate surface area is 113 Å². The molecule has 2 saturated carbocycles. The number of nitrogens with one attached hydrogen (secondary N) is 1. The Morgan fingerprint density at radius 1 is 1.22 bits per heavy atom. The molecule has 18 heavy (non-hydrogen) atoms. The molecule has 0 radical (unpaired) electrons. The van der Waals surface area contributed by atoms with Gasteiger partial charge in [-0.3, -0.25) is 5.32 Å². The third-order valence-corrected chi connectivity index (χ3v) is 5.11. The van der Waals surface area contributed by atoms with Gasteiger partial charge in [-0.25, -0.2) is 0 Å². The lowest BCUT2D eigenvalue weighted by atomic mass is 9.99. The Morgan fingerprint density at radius 2 is 2.00 bits per heavy atom. The molecule has 106 valence electrons. The molecule has 0 saturated heterocycles. The molecule has 2 aliphatic carbocycles. The summed E-state index contributed by atoms with van der Waals surface area (Å²) in [5, 5.41) is 3.63. The van der Waals surface area contributed by atoms with Crippen LogP contribution in [0.5, 0.6) is 0 Å². The normalized spacial score (nSPS) is 36.8. The van der Waals surface area contributed by atoms with E-state index in [0.29, 0.717) is 6.04 Å². The Hall–Kier alpha value is -0.0800. The molecule has 0 aliphatic heterocycles. The summed E-state index contributed by atoms with van der Waals surface area (Å²) in [7, 11) is 0. The van der Waals surface area contributed by atoms with Gasteiger partial charge in [0.15, 0.2) is 0 Å². The van der Waals surface area contributed by atoms with Crippen LogP contribution < -0.4 is 5.32 Å². The van der Waals surface area contributed by atoms with E-state index in [2.05, 4.69) is 26.1 Å². The maximum atomic E-state index is 5.87. The second-order valence-corrected chi connectivity index (χ2v) is 6.66. The zero-order valence-electron chi connectivity index (χ0n) is 12.5. The first kappa shape index (κ1) is 14.3. The molecule has 4 unspecified atom stereocenters. The molecule has 0 spiro atoms. The minimum atomic E-state index is 0.700. The highest BCUT2D eigenvalue weighted by Gasteiger charge is 2.38. The van der Waals surface area contributed by atoms with E-state index in [-0.39, 0.29) is 0 Å². The molecule has 2 aliphatic rings. The van der Waals surface area contributed by atoms with E-state index in [1.807, 2.05) is 0 Å². The quantitative estimate of drug-likeness (QED) is 0.524. The van der Waals surface area contributed by atoms with Crippen LogP contribution >= 0.6 is 0 Å². The number of rotatable bonds is 8. The van der Waals surface area contributed by atoms with Crippen LogP contribution in [0.3, 0.4) is 0 Å². The SMILES string of the molecule is CCCC(NCOC[C@@H]1CCCC1C)C1CC1C. The standard InChI is InChI=1S/C16H31NO/c1-4-6-16(15-9-13(15)3)17-11-18-10-14-8-5-7-12(14)2/h12-17H,4-11H2,1-3H3/t12?,13?,14-,15?,16?/m0/s1. The summed E-state index contributed by atoms with van der Waals surface area (Å²) in [6.07, 6.45) is 8.18. The average Bonchev–Trinajstić information content (AvgIpc) is 2.93. The molecule has 1 N–H and O–H groups in total. The van der Waals surface area contributed by atoms with Crippen LogP contribution in [0.25, 0.3) is 0 Å². The predicted octanol–water partition coefficient (Wildman–Crippen LogP) is 3.81. The van der Waals surface area contributed by atoms with Gasteiger partial charge in [-0.05, 0) is 42.9 Å². The summed E-state index contributed by atoms with van der Waals surface area (Å²) in [6.45, 7) is 8.75. The van der Waals surface area contributed by atoms with Crippen LogP contribution in [0.15, 0.2) is 0 Å². The van der Waals surface area contributed by atoms with Gasteiger partial charge in [0.25, 0.3) is 0 Å². The second-order valence-electron chi connectivity index (χ2n) is 6.66. The number of hydrogen-bond acceptors (Lipinski definition) is 2. The van der Waals surface area contributed by atoms with Crippen molar-refractivity contribution in [2.45, 2.75) is 65.3 Å². The highest BCUT2D eigenvalue weighted by atomic mass is 16.5. The summed E-state index contributed by atoms with van der Waals surface area (Å²) >= 11 is 0. The largest absolute Gasteiger partial charge is 0.366 e. The monoisotopic (exact) mass is 253 g/mol. The summed E-state index contributed by atoms with van der Waals surface area (Å²) in [6, 6.07) is 0.700. The smallest absolute Gasteiger partial charge is 0.0967 e. The van der Waals surface area contributed by atoms with E-state index < -0.39 is 0 Å². The van der Waals surface area contributed by atoms with Crippen molar-refractivity contribution in [1.82, 2.24) is 5.32 Å². The van der Waals surface area contributed by atoms with Crippen molar-refractivity contribution < 1.29 is 4.74 Å². The fraction of sp³-hybridized carbons (Fsp3) is 1.00. The van der Waals surface area contributed by atoms with Crippen molar-refractivity contribution in [1.29, 1.82) is 0 Å². The maximum absolute atomic E-state index is 5.87. The van der Waals surface area contributed by atoms with Crippen LogP contribution in [-0.2, 0) is 4.74 Å². The van der Waals surface area contributed by atoms with Gasteiger partial charge in [0.05, 0.1) is 13.3 Å². The van der Waals surface area contributed by atoms with Crippen LogP contribution in [0, 0.1) is 23.7 Å². The lowest BCUT2D eigenvalue weighted by Crippen LogP contribution is -2.34. The van der Waals surface area contributed by atoms with E-state index in [4.69, 9.17) is 4.74 Å². The Kier molecular flexibility index (Phi) is 5.50. The predicted molar refractivity (Wildman–Crippen MR) is 76.4 cm³/mol. The van der Waals surface area contributed by atoms with Crippen LogP contribution in [-0.4, -0.2) is 19.4 Å². The lowest BCUT2D eigenvalue weighted by Gasteiger charge is -2.20. The van der Waals surface area contributed by atoms with Crippen LogP contribution in [0.4, 0.5) is 0 Å². The minimum Gasteiger partial charge on any atom is -0.366 e. The lowest BCUT2D eigenvalue weighted by molar-refractivity contribution is 0.0662. The van der Waals surface area contributed by atoms with Crippen LogP contribution in [0.2, 0.25) is 0 Å². The van der Waals surface area contributed by atoms with Gasteiger partial charge in [-0.1, -0.05) is 40.0 Å². The number of ether oxygens (including phenoxy) is 1. The van der Waals surface area contributed by atoms with Crippen molar-refractivity contribution in [2.24, 2.45) is 23.7 Å². The van der Waals surface area contributed by atoms with Gasteiger partial charge in [0, 0.05) is 6.04 Å². The second kappa shape index (κ2) is 6.91.